The lowest BCUT2D eigenvalue weighted by atomic mass is 10.3. The maximum atomic E-state index is 10.4. The van der Waals surface area contributed by atoms with Crippen molar-refractivity contribution < 1.29 is 9.90 Å². The molecule has 0 fully saturated rings. The van der Waals surface area contributed by atoms with Crippen molar-refractivity contribution in [2.24, 2.45) is 0 Å². The minimum absolute atomic E-state index is 0.205. The molecule has 0 aliphatic carbocycles. The zero-order chi connectivity index (χ0) is 13.0. The van der Waals surface area contributed by atoms with Crippen LogP contribution in [-0.4, -0.2) is 43.9 Å². The Labute approximate surface area is 105 Å². The minimum Gasteiger partial charge on any atom is -0.481 e. The van der Waals surface area contributed by atoms with Gasteiger partial charge in [-0.25, -0.2) is 9.97 Å². The Morgan fingerprint density at radius 3 is 3.11 bits per heavy atom. The van der Waals surface area contributed by atoms with Gasteiger partial charge in [-0.15, -0.1) is 0 Å². The van der Waals surface area contributed by atoms with Crippen molar-refractivity contribution in [3.05, 3.63) is 30.4 Å². The van der Waals surface area contributed by atoms with Gasteiger partial charge in [0.05, 0.1) is 5.69 Å². The molecule has 0 radical (unpaired) electrons. The first kappa shape index (κ1) is 12.5. The van der Waals surface area contributed by atoms with E-state index in [1.807, 2.05) is 29.9 Å². The van der Waals surface area contributed by atoms with Crippen LogP contribution in [0.1, 0.15) is 18.5 Å². The summed E-state index contributed by atoms with van der Waals surface area (Å²) in [6, 6.07) is 1.86. The SMILES string of the molecule is CN(CCCC(=O)O)Cc1cn2cccnc2n1. The summed E-state index contributed by atoms with van der Waals surface area (Å²) in [7, 11) is 1.96. The van der Waals surface area contributed by atoms with E-state index in [9.17, 15) is 4.79 Å². The van der Waals surface area contributed by atoms with Crippen LogP contribution < -0.4 is 0 Å². The van der Waals surface area contributed by atoms with Crippen LogP contribution in [0.3, 0.4) is 0 Å². The van der Waals surface area contributed by atoms with Crippen molar-refractivity contribution in [1.29, 1.82) is 0 Å². The van der Waals surface area contributed by atoms with E-state index in [4.69, 9.17) is 5.11 Å². The summed E-state index contributed by atoms with van der Waals surface area (Å²) < 4.78 is 1.88. The third-order valence-corrected chi connectivity index (χ3v) is 2.65. The number of imidazole rings is 1. The third-order valence-electron chi connectivity index (χ3n) is 2.65. The zero-order valence-electron chi connectivity index (χ0n) is 10.3. The van der Waals surface area contributed by atoms with E-state index >= 15 is 0 Å². The van der Waals surface area contributed by atoms with Crippen molar-refractivity contribution in [2.45, 2.75) is 19.4 Å². The first-order valence-corrected chi connectivity index (χ1v) is 5.84. The predicted octanol–water partition coefficient (Wildman–Crippen LogP) is 1.03. The van der Waals surface area contributed by atoms with E-state index in [0.717, 1.165) is 12.2 Å². The molecule has 2 rings (SSSR count). The number of aromatic nitrogens is 3. The van der Waals surface area contributed by atoms with Gasteiger partial charge < -0.3 is 10.0 Å². The van der Waals surface area contributed by atoms with E-state index in [2.05, 4.69) is 14.9 Å². The largest absolute Gasteiger partial charge is 0.481 e. The Bertz CT molecular complexity index is 505. The molecule has 6 heteroatoms. The molecule has 0 amide bonds. The molecule has 0 aliphatic rings. The number of carbonyl (C=O) groups is 1. The van der Waals surface area contributed by atoms with Crippen molar-refractivity contribution in [3.8, 4) is 0 Å². The number of carboxylic acids is 1. The normalized spacial score (nSPS) is 11.2. The van der Waals surface area contributed by atoms with Crippen LogP contribution >= 0.6 is 0 Å². The summed E-state index contributed by atoms with van der Waals surface area (Å²) in [5, 5.41) is 8.57. The minimum atomic E-state index is -0.750. The molecular weight excluding hydrogens is 232 g/mol. The molecule has 2 aromatic heterocycles. The summed E-state index contributed by atoms with van der Waals surface area (Å²) in [6.45, 7) is 1.44. The molecule has 96 valence electrons. The van der Waals surface area contributed by atoms with Gasteiger partial charge in [0.25, 0.3) is 0 Å². The number of hydrogen-bond donors (Lipinski definition) is 1. The van der Waals surface area contributed by atoms with Crippen molar-refractivity contribution in [1.82, 2.24) is 19.3 Å². The first-order valence-electron chi connectivity index (χ1n) is 5.84. The van der Waals surface area contributed by atoms with Gasteiger partial charge in [-0.3, -0.25) is 9.20 Å². The standard InChI is InChI=1S/C12H16N4O2/c1-15(6-2-4-11(17)18)8-10-9-16-7-3-5-13-12(16)14-10/h3,5,7,9H,2,4,6,8H2,1H3,(H,17,18). The van der Waals surface area contributed by atoms with Gasteiger partial charge in [-0.05, 0) is 26.1 Å². The fourth-order valence-corrected chi connectivity index (χ4v) is 1.81. The average molecular weight is 248 g/mol. The Balaban J connectivity index is 1.90. The lowest BCUT2D eigenvalue weighted by molar-refractivity contribution is -0.137. The molecule has 0 aliphatic heterocycles. The van der Waals surface area contributed by atoms with Gasteiger partial charge in [-0.2, -0.15) is 0 Å². The van der Waals surface area contributed by atoms with Crippen LogP contribution in [0.15, 0.2) is 24.7 Å². The van der Waals surface area contributed by atoms with Crippen LogP contribution in [0, 0.1) is 0 Å². The van der Waals surface area contributed by atoms with E-state index in [1.54, 1.807) is 6.20 Å². The molecule has 18 heavy (non-hydrogen) atoms. The number of aliphatic carboxylic acids is 1. The smallest absolute Gasteiger partial charge is 0.303 e. The van der Waals surface area contributed by atoms with Crippen molar-refractivity contribution in [2.75, 3.05) is 13.6 Å². The van der Waals surface area contributed by atoms with Crippen molar-refractivity contribution >= 4 is 11.7 Å². The van der Waals surface area contributed by atoms with E-state index < -0.39 is 5.97 Å². The highest BCUT2D eigenvalue weighted by Gasteiger charge is 2.06. The maximum Gasteiger partial charge on any atom is 0.303 e. The molecule has 0 unspecified atom stereocenters. The fourth-order valence-electron chi connectivity index (χ4n) is 1.81. The molecule has 6 nitrogen and oxygen atoms in total. The van der Waals surface area contributed by atoms with Crippen molar-refractivity contribution in [3.63, 3.8) is 0 Å². The van der Waals surface area contributed by atoms with E-state index in [-0.39, 0.29) is 6.42 Å². The second-order valence-corrected chi connectivity index (χ2v) is 4.29. The molecule has 0 spiro atoms. The monoisotopic (exact) mass is 248 g/mol. The van der Waals surface area contributed by atoms with Gasteiger partial charge in [0.2, 0.25) is 5.78 Å². The highest BCUT2D eigenvalue weighted by atomic mass is 16.4. The number of fused-ring (bicyclic) bond motifs is 1. The Morgan fingerprint density at radius 1 is 1.56 bits per heavy atom. The van der Waals surface area contributed by atoms with Gasteiger partial charge in [0.15, 0.2) is 0 Å². The fraction of sp³-hybridized carbons (Fsp3) is 0.417. The third kappa shape index (κ3) is 3.27. The first-order chi connectivity index (χ1) is 8.65. The maximum absolute atomic E-state index is 10.4. The van der Waals surface area contributed by atoms with Crippen LogP contribution in [0.2, 0.25) is 0 Å². The number of hydrogen-bond acceptors (Lipinski definition) is 4. The summed E-state index contributed by atoms with van der Waals surface area (Å²) in [6.07, 6.45) is 6.41. The van der Waals surface area contributed by atoms with Gasteiger partial charge in [-0.1, -0.05) is 0 Å². The molecule has 0 aromatic carbocycles. The molecule has 1 N–H and O–H groups in total. The average Bonchev–Trinajstić information content (AvgIpc) is 2.70. The molecule has 0 atom stereocenters. The quantitative estimate of drug-likeness (QED) is 0.826. The number of carboxylic acid groups (broad SMARTS) is 1. The highest BCUT2D eigenvalue weighted by molar-refractivity contribution is 5.66. The lowest BCUT2D eigenvalue weighted by Gasteiger charge is -2.13. The second-order valence-electron chi connectivity index (χ2n) is 4.29. The van der Waals surface area contributed by atoms with Gasteiger partial charge in [0.1, 0.15) is 0 Å². The van der Waals surface area contributed by atoms with E-state index in [0.29, 0.717) is 18.7 Å². The lowest BCUT2D eigenvalue weighted by Crippen LogP contribution is -2.20. The Hall–Kier alpha value is -1.95. The number of nitrogens with zero attached hydrogens (tertiary/aromatic N) is 4. The summed E-state index contributed by atoms with van der Waals surface area (Å²) in [5.74, 6) is -0.0632. The molecule has 2 aromatic rings. The molecule has 0 saturated heterocycles. The summed E-state index contributed by atoms with van der Waals surface area (Å²) in [4.78, 5) is 21.0. The molecule has 0 bridgehead atoms. The van der Waals surface area contributed by atoms with E-state index in [1.165, 1.54) is 0 Å². The summed E-state index contributed by atoms with van der Waals surface area (Å²) in [5.41, 5.74) is 0.937. The second kappa shape index (κ2) is 5.59. The molecular formula is C12H16N4O2. The summed E-state index contributed by atoms with van der Waals surface area (Å²) >= 11 is 0. The highest BCUT2D eigenvalue weighted by Crippen LogP contribution is 2.05. The van der Waals surface area contributed by atoms with Crippen LogP contribution in [0.5, 0.6) is 0 Å². The van der Waals surface area contributed by atoms with Gasteiger partial charge in [0, 0.05) is 31.6 Å². The predicted molar refractivity (Wildman–Crippen MR) is 66.2 cm³/mol. The Kier molecular flexibility index (Phi) is 3.88. The molecule has 2 heterocycles. The number of rotatable bonds is 6. The topological polar surface area (TPSA) is 70.7 Å². The van der Waals surface area contributed by atoms with Gasteiger partial charge >= 0.3 is 5.97 Å². The Morgan fingerprint density at radius 2 is 2.39 bits per heavy atom. The zero-order valence-corrected chi connectivity index (χ0v) is 10.3. The van der Waals surface area contributed by atoms with Crippen LogP contribution in [0.4, 0.5) is 0 Å². The molecule has 0 saturated carbocycles. The van der Waals surface area contributed by atoms with Crippen LogP contribution in [0.25, 0.3) is 5.78 Å². The van der Waals surface area contributed by atoms with Crippen LogP contribution in [-0.2, 0) is 11.3 Å².